The summed E-state index contributed by atoms with van der Waals surface area (Å²) in [5, 5.41) is 11.4. The van der Waals surface area contributed by atoms with E-state index in [1.54, 1.807) is 11.8 Å². The molecule has 2 aromatic rings. The van der Waals surface area contributed by atoms with E-state index in [1.807, 2.05) is 24.3 Å². The van der Waals surface area contributed by atoms with Crippen LogP contribution in [-0.2, 0) is 6.54 Å². The van der Waals surface area contributed by atoms with Gasteiger partial charge in [-0.3, -0.25) is 15.0 Å². The van der Waals surface area contributed by atoms with Crippen LogP contribution in [0, 0.1) is 0 Å². The normalized spacial score (nSPS) is 15.4. The van der Waals surface area contributed by atoms with Gasteiger partial charge >= 0.3 is 0 Å². The zero-order valence-electron chi connectivity index (χ0n) is 13.8. The topological polar surface area (TPSA) is 58.1 Å². The molecule has 0 unspecified atom stereocenters. The molecule has 128 valence electrons. The summed E-state index contributed by atoms with van der Waals surface area (Å²) in [4.78, 5) is 14.8. The Bertz CT molecular complexity index is 665. The molecular formula is C17H22N4OS2. The Morgan fingerprint density at radius 2 is 1.96 bits per heavy atom. The molecule has 1 amide bonds. The smallest absolute Gasteiger partial charge is 0.257 e. The summed E-state index contributed by atoms with van der Waals surface area (Å²) in [5.41, 5.74) is 1.91. The van der Waals surface area contributed by atoms with Gasteiger partial charge in [-0.05, 0) is 49.4 Å². The fraction of sp³-hybridized carbons (Fsp3) is 0.471. The number of nitrogens with zero attached hydrogens (tertiary/aromatic N) is 3. The van der Waals surface area contributed by atoms with Gasteiger partial charge < -0.3 is 0 Å². The van der Waals surface area contributed by atoms with Crippen LogP contribution in [0.5, 0.6) is 0 Å². The van der Waals surface area contributed by atoms with Crippen LogP contribution in [-0.4, -0.2) is 39.8 Å². The lowest BCUT2D eigenvalue weighted by atomic mass is 10.1. The van der Waals surface area contributed by atoms with E-state index >= 15 is 0 Å². The van der Waals surface area contributed by atoms with Crippen LogP contribution >= 0.6 is 23.1 Å². The van der Waals surface area contributed by atoms with E-state index < -0.39 is 0 Å². The number of carbonyl (C=O) groups excluding carboxylic acids is 1. The van der Waals surface area contributed by atoms with Gasteiger partial charge in [0.1, 0.15) is 0 Å². The van der Waals surface area contributed by atoms with Crippen LogP contribution in [0.1, 0.15) is 42.1 Å². The van der Waals surface area contributed by atoms with E-state index in [-0.39, 0.29) is 5.91 Å². The number of rotatable bonds is 6. The van der Waals surface area contributed by atoms with Crippen LogP contribution < -0.4 is 5.32 Å². The van der Waals surface area contributed by atoms with Crippen molar-refractivity contribution in [3.8, 4) is 0 Å². The van der Waals surface area contributed by atoms with Gasteiger partial charge in [-0.15, -0.1) is 10.2 Å². The molecule has 1 aromatic heterocycles. The van der Waals surface area contributed by atoms with E-state index in [4.69, 9.17) is 0 Å². The van der Waals surface area contributed by atoms with Crippen molar-refractivity contribution < 1.29 is 4.79 Å². The second-order valence-corrected chi connectivity index (χ2v) is 8.28. The monoisotopic (exact) mass is 362 g/mol. The average molecular weight is 363 g/mol. The standard InChI is InChI=1S/C17H22N4OS2/c1-2-23-17-20-19-16(24-17)18-15(22)14-8-6-13(7-9-14)12-21-10-4-3-5-11-21/h6-9H,2-5,10-12H2,1H3,(H,18,19,22). The van der Waals surface area contributed by atoms with Crippen LogP contribution in [0.2, 0.25) is 0 Å². The van der Waals surface area contributed by atoms with E-state index in [1.165, 1.54) is 49.3 Å². The van der Waals surface area contributed by atoms with Crippen molar-refractivity contribution >= 4 is 34.1 Å². The van der Waals surface area contributed by atoms with Crippen LogP contribution in [0.15, 0.2) is 28.6 Å². The number of amides is 1. The van der Waals surface area contributed by atoms with Gasteiger partial charge in [-0.1, -0.05) is 48.6 Å². The molecule has 0 atom stereocenters. The highest BCUT2D eigenvalue weighted by atomic mass is 32.2. The summed E-state index contributed by atoms with van der Waals surface area (Å²) in [6, 6.07) is 7.86. The molecule has 1 aliphatic rings. The molecule has 24 heavy (non-hydrogen) atoms. The molecule has 1 N–H and O–H groups in total. The van der Waals surface area contributed by atoms with Gasteiger partial charge in [0, 0.05) is 12.1 Å². The Hall–Kier alpha value is -1.44. The van der Waals surface area contributed by atoms with Gasteiger partial charge in [-0.25, -0.2) is 0 Å². The summed E-state index contributed by atoms with van der Waals surface area (Å²) in [5.74, 6) is 0.810. The maximum atomic E-state index is 12.3. The Morgan fingerprint density at radius 1 is 1.21 bits per heavy atom. The van der Waals surface area contributed by atoms with E-state index in [0.29, 0.717) is 10.7 Å². The summed E-state index contributed by atoms with van der Waals surface area (Å²) >= 11 is 3.04. The first kappa shape index (κ1) is 17.4. The molecule has 3 rings (SSSR count). The lowest BCUT2D eigenvalue weighted by Gasteiger charge is -2.26. The number of nitrogens with one attached hydrogen (secondary N) is 1. The zero-order chi connectivity index (χ0) is 16.8. The number of likely N-dealkylation sites (tertiary alicyclic amines) is 1. The van der Waals surface area contributed by atoms with Crippen molar-refractivity contribution in [2.45, 2.75) is 37.1 Å². The number of carbonyl (C=O) groups is 1. The molecule has 0 saturated carbocycles. The third-order valence-electron chi connectivity index (χ3n) is 3.97. The first-order valence-electron chi connectivity index (χ1n) is 8.33. The van der Waals surface area contributed by atoms with Crippen molar-refractivity contribution in [1.82, 2.24) is 15.1 Å². The molecule has 1 aromatic carbocycles. The van der Waals surface area contributed by atoms with E-state index in [9.17, 15) is 4.79 Å². The van der Waals surface area contributed by atoms with E-state index in [2.05, 4.69) is 27.3 Å². The second kappa shape index (κ2) is 8.60. The van der Waals surface area contributed by atoms with Crippen molar-refractivity contribution in [2.75, 3.05) is 24.2 Å². The molecule has 7 heteroatoms. The molecule has 0 radical (unpaired) electrons. The maximum absolute atomic E-state index is 12.3. The summed E-state index contributed by atoms with van der Waals surface area (Å²) in [6.45, 7) is 5.39. The molecule has 0 bridgehead atoms. The van der Waals surface area contributed by atoms with Crippen molar-refractivity contribution in [3.05, 3.63) is 35.4 Å². The number of anilines is 1. The lowest BCUT2D eigenvalue weighted by Crippen LogP contribution is -2.29. The van der Waals surface area contributed by atoms with Gasteiger partial charge in [0.05, 0.1) is 0 Å². The molecule has 0 spiro atoms. The minimum atomic E-state index is -0.135. The minimum absolute atomic E-state index is 0.135. The molecule has 2 heterocycles. The first-order chi connectivity index (χ1) is 11.7. The molecule has 1 aliphatic heterocycles. The molecule has 1 saturated heterocycles. The van der Waals surface area contributed by atoms with Gasteiger partial charge in [0.25, 0.3) is 5.91 Å². The second-order valence-electron chi connectivity index (χ2n) is 5.79. The number of aromatic nitrogens is 2. The quantitative estimate of drug-likeness (QED) is 0.624. The predicted molar refractivity (Wildman–Crippen MR) is 99.8 cm³/mol. The maximum Gasteiger partial charge on any atom is 0.257 e. The summed E-state index contributed by atoms with van der Waals surface area (Å²) < 4.78 is 0.879. The SMILES string of the molecule is CCSc1nnc(NC(=O)c2ccc(CN3CCCCC3)cc2)s1. The Balaban J connectivity index is 1.56. The van der Waals surface area contributed by atoms with E-state index in [0.717, 1.165) is 16.6 Å². The molecule has 5 nitrogen and oxygen atoms in total. The van der Waals surface area contributed by atoms with Gasteiger partial charge in [0.15, 0.2) is 4.34 Å². The minimum Gasteiger partial charge on any atom is -0.299 e. The van der Waals surface area contributed by atoms with Gasteiger partial charge in [0.2, 0.25) is 5.13 Å². The zero-order valence-corrected chi connectivity index (χ0v) is 15.5. The van der Waals surface area contributed by atoms with Crippen molar-refractivity contribution in [1.29, 1.82) is 0 Å². The predicted octanol–water partition coefficient (Wildman–Crippen LogP) is 3.89. The summed E-state index contributed by atoms with van der Waals surface area (Å²) in [7, 11) is 0. The Kier molecular flexibility index (Phi) is 6.23. The first-order valence-corrected chi connectivity index (χ1v) is 10.1. The highest BCUT2D eigenvalue weighted by molar-refractivity contribution is 8.01. The number of thioether (sulfide) groups is 1. The largest absolute Gasteiger partial charge is 0.299 e. The Labute approximate surface area is 150 Å². The molecular weight excluding hydrogens is 340 g/mol. The third-order valence-corrected chi connectivity index (χ3v) is 5.82. The highest BCUT2D eigenvalue weighted by Crippen LogP contribution is 2.25. The fourth-order valence-electron chi connectivity index (χ4n) is 2.75. The number of piperidine rings is 1. The molecule has 1 fully saturated rings. The highest BCUT2D eigenvalue weighted by Gasteiger charge is 2.12. The van der Waals surface area contributed by atoms with Crippen LogP contribution in [0.25, 0.3) is 0 Å². The fourth-order valence-corrected chi connectivity index (χ4v) is 4.39. The van der Waals surface area contributed by atoms with Crippen LogP contribution in [0.3, 0.4) is 0 Å². The third kappa shape index (κ3) is 4.78. The lowest BCUT2D eigenvalue weighted by molar-refractivity contribution is 0.102. The number of hydrogen-bond donors (Lipinski definition) is 1. The van der Waals surface area contributed by atoms with Crippen molar-refractivity contribution in [2.24, 2.45) is 0 Å². The number of benzene rings is 1. The van der Waals surface area contributed by atoms with Gasteiger partial charge in [-0.2, -0.15) is 0 Å². The van der Waals surface area contributed by atoms with Crippen LogP contribution in [0.4, 0.5) is 5.13 Å². The average Bonchev–Trinajstić information content (AvgIpc) is 3.04. The number of hydrogen-bond acceptors (Lipinski definition) is 6. The van der Waals surface area contributed by atoms with Crippen molar-refractivity contribution in [3.63, 3.8) is 0 Å². The summed E-state index contributed by atoms with van der Waals surface area (Å²) in [6.07, 6.45) is 3.93. The Morgan fingerprint density at radius 3 is 2.67 bits per heavy atom. The molecule has 0 aliphatic carbocycles.